The maximum atomic E-state index is 12.1. The fraction of sp³-hybridized carbons (Fsp3) is 1.00. The number of rotatable bonds is 8. The lowest BCUT2D eigenvalue weighted by atomic mass is 10.0. The topological polar surface area (TPSA) is 49.4 Å². The number of likely N-dealkylation sites (N-methyl/N-ethyl adjacent to an activating group) is 2. The van der Waals surface area contributed by atoms with Gasteiger partial charge in [-0.15, -0.1) is 0 Å². The molecule has 0 aromatic rings. The van der Waals surface area contributed by atoms with E-state index >= 15 is 0 Å². The number of halogens is 1. The van der Waals surface area contributed by atoms with Crippen LogP contribution in [0.5, 0.6) is 0 Å². The van der Waals surface area contributed by atoms with E-state index < -0.39 is 10.0 Å². The molecular formula is C11H27ClN3O2S+. The predicted molar refractivity (Wildman–Crippen MR) is 77.0 cm³/mol. The van der Waals surface area contributed by atoms with Gasteiger partial charge in [0.2, 0.25) is 10.0 Å². The van der Waals surface area contributed by atoms with Gasteiger partial charge in [-0.05, 0) is 32.0 Å². The molecule has 0 radical (unpaired) electrons. The number of nitrogens with zero attached hydrogens (tertiary/aromatic N) is 2. The lowest BCUT2D eigenvalue weighted by Crippen LogP contribution is -2.44. The third-order valence-electron chi connectivity index (χ3n) is 2.80. The van der Waals surface area contributed by atoms with Crippen molar-refractivity contribution in [2.45, 2.75) is 25.8 Å². The largest absolute Gasteiger partial charge is 0.330 e. The van der Waals surface area contributed by atoms with Crippen molar-refractivity contribution >= 4 is 21.8 Å². The molecule has 1 N–H and O–H groups in total. The molecule has 0 bridgehead atoms. The van der Waals surface area contributed by atoms with Gasteiger partial charge in [0.05, 0.1) is 40.0 Å². The average Bonchev–Trinajstić information content (AvgIpc) is 2.22. The molecule has 0 unspecified atom stereocenters. The number of sulfonamides is 1. The minimum absolute atomic E-state index is 0.105. The SMILES string of the molecule is CN(CC[N+](C)(C)C)S(=O)(=O)CCC(C)(C)NCl. The molecule has 0 saturated carbocycles. The summed E-state index contributed by atoms with van der Waals surface area (Å²) in [6.07, 6.45) is 0.480. The molecule has 0 aromatic carbocycles. The lowest BCUT2D eigenvalue weighted by molar-refractivity contribution is -0.869. The molecule has 0 heterocycles. The Bertz CT molecular complexity index is 350. The first kappa shape index (κ1) is 18.1. The number of hydrogen-bond donors (Lipinski definition) is 1. The molecule has 0 saturated heterocycles. The molecule has 0 fully saturated rings. The summed E-state index contributed by atoms with van der Waals surface area (Å²) in [5.74, 6) is 0.105. The van der Waals surface area contributed by atoms with Gasteiger partial charge in [-0.3, -0.25) is 0 Å². The number of nitrogens with one attached hydrogen (secondary N) is 1. The second kappa shape index (κ2) is 6.52. The third kappa shape index (κ3) is 7.53. The van der Waals surface area contributed by atoms with Gasteiger partial charge >= 0.3 is 0 Å². The van der Waals surface area contributed by atoms with E-state index in [1.54, 1.807) is 7.05 Å². The van der Waals surface area contributed by atoms with Crippen LogP contribution < -0.4 is 4.84 Å². The molecule has 7 heteroatoms. The lowest BCUT2D eigenvalue weighted by Gasteiger charge is -2.28. The van der Waals surface area contributed by atoms with Crippen LogP contribution in [0.3, 0.4) is 0 Å². The summed E-state index contributed by atoms with van der Waals surface area (Å²) in [7, 11) is 4.56. The molecule has 0 aliphatic heterocycles. The van der Waals surface area contributed by atoms with Crippen LogP contribution in [-0.4, -0.2) is 69.8 Å². The van der Waals surface area contributed by atoms with E-state index in [2.05, 4.69) is 4.84 Å². The van der Waals surface area contributed by atoms with E-state index in [9.17, 15) is 8.42 Å². The van der Waals surface area contributed by atoms with Crippen LogP contribution in [0.25, 0.3) is 0 Å². The van der Waals surface area contributed by atoms with Crippen LogP contribution in [0.4, 0.5) is 0 Å². The zero-order valence-corrected chi connectivity index (χ0v) is 13.9. The van der Waals surface area contributed by atoms with Gasteiger partial charge in [0, 0.05) is 12.6 Å². The average molecular weight is 301 g/mol. The minimum Gasteiger partial charge on any atom is -0.330 e. The monoisotopic (exact) mass is 300 g/mol. The first-order chi connectivity index (χ1) is 7.90. The van der Waals surface area contributed by atoms with Gasteiger partial charge in [0.1, 0.15) is 0 Å². The highest BCUT2D eigenvalue weighted by Gasteiger charge is 2.24. The summed E-state index contributed by atoms with van der Waals surface area (Å²) in [4.78, 5) is 2.60. The van der Waals surface area contributed by atoms with Crippen molar-refractivity contribution in [2.24, 2.45) is 0 Å². The van der Waals surface area contributed by atoms with E-state index in [0.29, 0.717) is 13.0 Å². The summed E-state index contributed by atoms with van der Waals surface area (Å²) in [6.45, 7) is 5.07. The van der Waals surface area contributed by atoms with Crippen molar-refractivity contribution in [2.75, 3.05) is 47.0 Å². The molecule has 0 atom stereocenters. The molecule has 110 valence electrons. The van der Waals surface area contributed by atoms with E-state index in [1.165, 1.54) is 4.31 Å². The normalized spacial score (nSPS) is 14.2. The zero-order valence-electron chi connectivity index (χ0n) is 12.3. The summed E-state index contributed by atoms with van der Waals surface area (Å²) in [5.41, 5.74) is -0.379. The molecular weight excluding hydrogens is 274 g/mol. The molecule has 5 nitrogen and oxygen atoms in total. The molecule has 0 spiro atoms. The van der Waals surface area contributed by atoms with E-state index in [-0.39, 0.29) is 11.3 Å². The first-order valence-corrected chi connectivity index (χ1v) is 8.01. The Labute approximate surface area is 117 Å². The van der Waals surface area contributed by atoms with Crippen LogP contribution in [-0.2, 0) is 10.0 Å². The fourth-order valence-electron chi connectivity index (χ4n) is 1.17. The van der Waals surface area contributed by atoms with Crippen LogP contribution in [0, 0.1) is 0 Å². The second-order valence-electron chi connectivity index (χ2n) is 6.38. The maximum absolute atomic E-state index is 12.1. The Morgan fingerprint density at radius 1 is 1.28 bits per heavy atom. The van der Waals surface area contributed by atoms with Gasteiger partial charge in [0.25, 0.3) is 0 Å². The highest BCUT2D eigenvalue weighted by Crippen LogP contribution is 2.12. The second-order valence-corrected chi connectivity index (χ2v) is 8.76. The predicted octanol–water partition coefficient (Wildman–Crippen LogP) is 0.866. The van der Waals surface area contributed by atoms with Crippen molar-refractivity contribution in [1.29, 1.82) is 0 Å². The van der Waals surface area contributed by atoms with Crippen LogP contribution >= 0.6 is 11.8 Å². The molecule has 0 rings (SSSR count). The third-order valence-corrected chi connectivity index (χ3v) is 5.17. The van der Waals surface area contributed by atoms with Crippen molar-refractivity contribution in [3.8, 4) is 0 Å². The van der Waals surface area contributed by atoms with Crippen LogP contribution in [0.1, 0.15) is 20.3 Å². The highest BCUT2D eigenvalue weighted by atomic mass is 35.5. The molecule has 0 amide bonds. The van der Waals surface area contributed by atoms with Crippen molar-refractivity contribution < 1.29 is 12.9 Å². The fourth-order valence-corrected chi connectivity index (χ4v) is 2.70. The van der Waals surface area contributed by atoms with Crippen molar-refractivity contribution in [3.63, 3.8) is 0 Å². The Morgan fingerprint density at radius 2 is 1.78 bits per heavy atom. The van der Waals surface area contributed by atoms with Gasteiger partial charge in [-0.1, -0.05) is 0 Å². The van der Waals surface area contributed by atoms with Gasteiger partial charge < -0.3 is 4.48 Å². The van der Waals surface area contributed by atoms with Crippen LogP contribution in [0.15, 0.2) is 0 Å². The van der Waals surface area contributed by atoms with Crippen molar-refractivity contribution in [1.82, 2.24) is 9.14 Å². The van der Waals surface area contributed by atoms with E-state index in [4.69, 9.17) is 11.8 Å². The maximum Gasteiger partial charge on any atom is 0.214 e. The Balaban J connectivity index is 4.37. The summed E-state index contributed by atoms with van der Waals surface area (Å²) < 4.78 is 26.3. The minimum atomic E-state index is -3.20. The molecule has 0 aliphatic rings. The standard InChI is InChI=1S/C11H27ClN3O2S/c1-11(2,13-12)7-10-18(16,17)14(3)8-9-15(4,5)6/h13H,7-10H2,1-6H3/q+1. The zero-order chi connectivity index (χ0) is 14.6. The van der Waals surface area contributed by atoms with Gasteiger partial charge in [-0.25, -0.2) is 13.3 Å². The van der Waals surface area contributed by atoms with Crippen LogP contribution in [0.2, 0.25) is 0 Å². The Kier molecular flexibility index (Phi) is 6.56. The van der Waals surface area contributed by atoms with Crippen molar-refractivity contribution in [3.05, 3.63) is 0 Å². The summed E-state index contributed by atoms with van der Waals surface area (Å²) in [5, 5.41) is 0. The van der Waals surface area contributed by atoms with Gasteiger partial charge in [-0.2, -0.15) is 4.31 Å². The summed E-state index contributed by atoms with van der Waals surface area (Å²) in [6, 6.07) is 0. The number of quaternary nitrogens is 1. The summed E-state index contributed by atoms with van der Waals surface area (Å²) >= 11 is 5.56. The molecule has 18 heavy (non-hydrogen) atoms. The van der Waals surface area contributed by atoms with E-state index in [0.717, 1.165) is 11.0 Å². The Hall–Kier alpha value is 0.120. The number of hydrogen-bond acceptors (Lipinski definition) is 3. The first-order valence-electron chi connectivity index (χ1n) is 6.02. The molecule has 0 aliphatic carbocycles. The van der Waals surface area contributed by atoms with E-state index in [1.807, 2.05) is 35.0 Å². The molecule has 0 aromatic heterocycles. The quantitative estimate of drug-likeness (QED) is 0.534. The smallest absolute Gasteiger partial charge is 0.214 e. The Morgan fingerprint density at radius 3 is 2.17 bits per heavy atom. The highest BCUT2D eigenvalue weighted by molar-refractivity contribution is 7.89. The van der Waals surface area contributed by atoms with Gasteiger partial charge in [0.15, 0.2) is 0 Å².